The molecule has 5 aromatic carbocycles. The SMILES string of the molecule is CCC[CH2][Sn]1([CH2]CCC)[c]2cc3c4c(ccc5c6ccc7c8c(c[c]1c(c2c45)c86)C(=O)N(c1cccs1)C7=O)C(=O)N(c1cccs1)C3=O. The third-order valence-electron chi connectivity index (χ3n) is 11.2. The number of hydrogen-bond donors (Lipinski definition) is 0. The minimum atomic E-state index is -3.68. The van der Waals surface area contributed by atoms with Crippen molar-refractivity contribution in [3.63, 3.8) is 0 Å². The first-order valence-corrected chi connectivity index (χ1v) is 25.7. The molecule has 3 aliphatic rings. The maximum absolute atomic E-state index is 14.6. The van der Waals surface area contributed by atoms with E-state index >= 15 is 0 Å². The molecule has 0 radical (unpaired) electrons. The van der Waals surface area contributed by atoms with Crippen molar-refractivity contribution in [2.45, 2.75) is 48.4 Å². The molecule has 0 N–H and O–H groups in total. The Balaban J connectivity index is 1.39. The van der Waals surface area contributed by atoms with Crippen LogP contribution < -0.4 is 17.0 Å². The van der Waals surface area contributed by atoms with Crippen LogP contribution >= 0.6 is 22.7 Å². The van der Waals surface area contributed by atoms with Crippen LogP contribution in [-0.2, 0) is 0 Å². The second kappa shape index (κ2) is 10.4. The summed E-state index contributed by atoms with van der Waals surface area (Å²) in [6, 6.07) is 19.6. The predicted octanol–water partition coefficient (Wildman–Crippen LogP) is 8.94. The Morgan fingerprint density at radius 3 is 1.35 bits per heavy atom. The van der Waals surface area contributed by atoms with E-state index < -0.39 is 18.4 Å². The predicted molar refractivity (Wildman–Crippen MR) is 203 cm³/mol. The van der Waals surface area contributed by atoms with E-state index in [0.717, 1.165) is 77.6 Å². The number of carbonyl (C=O) groups excluding carboxylic acids is 4. The first kappa shape index (κ1) is 29.8. The fourth-order valence-corrected chi connectivity index (χ4v) is 27.3. The van der Waals surface area contributed by atoms with Crippen LogP contribution in [0.15, 0.2) is 71.4 Å². The van der Waals surface area contributed by atoms with Gasteiger partial charge >= 0.3 is 296 Å². The number of anilines is 2. The molecule has 4 amide bonds. The number of imide groups is 2. The van der Waals surface area contributed by atoms with Crippen LogP contribution in [-0.4, -0.2) is 42.0 Å². The molecule has 6 nitrogen and oxygen atoms in total. The molecule has 0 spiro atoms. The van der Waals surface area contributed by atoms with Gasteiger partial charge in [-0.2, -0.15) is 0 Å². The minimum absolute atomic E-state index is 0.265. The summed E-state index contributed by atoms with van der Waals surface area (Å²) in [6.45, 7) is 4.47. The number of unbranched alkanes of at least 4 members (excludes halogenated alkanes) is 2. The molecule has 9 heteroatoms. The summed E-state index contributed by atoms with van der Waals surface area (Å²) in [6.07, 6.45) is 4.25. The van der Waals surface area contributed by atoms with E-state index in [1.54, 1.807) is 0 Å². The summed E-state index contributed by atoms with van der Waals surface area (Å²) in [4.78, 5) is 60.2. The fourth-order valence-electron chi connectivity index (χ4n) is 9.17. The van der Waals surface area contributed by atoms with Gasteiger partial charge in [0.15, 0.2) is 0 Å². The second-order valence-electron chi connectivity index (χ2n) is 13.6. The number of fused-ring (bicyclic) bond motifs is 1. The van der Waals surface area contributed by atoms with Gasteiger partial charge in [-0.3, -0.25) is 0 Å². The molecule has 3 aliphatic heterocycles. The van der Waals surface area contributed by atoms with E-state index in [1.165, 1.54) is 39.6 Å². The average Bonchev–Trinajstić information content (AvgIpc) is 3.89. The van der Waals surface area contributed by atoms with E-state index in [4.69, 9.17) is 0 Å². The van der Waals surface area contributed by atoms with Crippen molar-refractivity contribution in [2.75, 3.05) is 9.80 Å². The van der Waals surface area contributed by atoms with Gasteiger partial charge in [-0.25, -0.2) is 0 Å². The molecule has 2 aromatic heterocycles. The van der Waals surface area contributed by atoms with Crippen LogP contribution in [0.1, 0.15) is 81.0 Å². The number of hydrogen-bond acceptors (Lipinski definition) is 6. The van der Waals surface area contributed by atoms with Gasteiger partial charge in [0.05, 0.1) is 0 Å². The van der Waals surface area contributed by atoms with Crippen molar-refractivity contribution < 1.29 is 19.2 Å². The number of benzene rings is 5. The molecule has 0 atom stereocenters. The summed E-state index contributed by atoms with van der Waals surface area (Å²) < 4.78 is 4.80. The molecule has 0 fully saturated rings. The Morgan fingerprint density at radius 2 is 0.959 bits per heavy atom. The second-order valence-corrected chi connectivity index (χ2v) is 27.6. The van der Waals surface area contributed by atoms with Gasteiger partial charge in [-0.1, -0.05) is 0 Å². The van der Waals surface area contributed by atoms with Gasteiger partial charge in [0.2, 0.25) is 0 Å². The van der Waals surface area contributed by atoms with Gasteiger partial charge in [0.1, 0.15) is 0 Å². The molecule has 0 saturated heterocycles. The molecule has 0 aliphatic carbocycles. The molecule has 7 aromatic rings. The summed E-state index contributed by atoms with van der Waals surface area (Å²) in [5, 5.41) is 12.8. The van der Waals surface area contributed by atoms with Gasteiger partial charge in [0.25, 0.3) is 0 Å². The molecule has 240 valence electrons. The standard InChI is InChI=1S/C32H12N2O4S2.2C4H9.Sn/c35-29-19-9-5-15-17-7-11-21-28-22(32(38)34(31(21)37)24-4-2-14-40-24)12-8-18(26(17)28)16-6-10-20(27(19)25(15)16)30(36)33(29)23-3-1-13-39-23;2*1-3-4-2;/h1-5,7,9-14H;2*1,3-4H2,2H3;. The first-order valence-electron chi connectivity index (χ1n) is 17.0. The number of rotatable bonds is 8. The normalized spacial score (nSPS) is 16.3. The quantitative estimate of drug-likeness (QED) is 0.0668. The van der Waals surface area contributed by atoms with Crippen LogP contribution in [0.5, 0.6) is 0 Å². The Bertz CT molecular complexity index is 2440. The van der Waals surface area contributed by atoms with Crippen molar-refractivity contribution in [3.8, 4) is 0 Å². The summed E-state index contributed by atoms with van der Waals surface area (Å²) in [7, 11) is 0. The molecular weight excluding hydrogens is 755 g/mol. The number of nitrogens with zero attached hydrogens (tertiary/aromatic N) is 2. The topological polar surface area (TPSA) is 74.8 Å². The molecular formula is C40H30N2O4S2Sn. The molecule has 0 unspecified atom stereocenters. The van der Waals surface area contributed by atoms with E-state index in [9.17, 15) is 19.2 Å². The van der Waals surface area contributed by atoms with E-state index in [1.807, 2.05) is 59.3 Å². The zero-order valence-corrected chi connectivity index (χ0v) is 31.5. The molecule has 0 saturated carbocycles. The zero-order valence-electron chi connectivity index (χ0n) is 27.0. The number of carbonyl (C=O) groups is 4. The van der Waals surface area contributed by atoms with Crippen molar-refractivity contribution in [3.05, 3.63) is 93.7 Å². The third kappa shape index (κ3) is 3.62. The van der Waals surface area contributed by atoms with Crippen molar-refractivity contribution in [2.24, 2.45) is 0 Å². The van der Waals surface area contributed by atoms with Gasteiger partial charge in [-0.05, 0) is 0 Å². The Morgan fingerprint density at radius 1 is 0.531 bits per heavy atom. The van der Waals surface area contributed by atoms with Crippen molar-refractivity contribution in [1.29, 1.82) is 0 Å². The first-order chi connectivity index (χ1) is 23.9. The molecule has 49 heavy (non-hydrogen) atoms. The Hall–Kier alpha value is -4.12. The number of thiophene rings is 2. The maximum atomic E-state index is 14.6. The zero-order chi connectivity index (χ0) is 33.3. The molecule has 5 heterocycles. The van der Waals surface area contributed by atoms with Gasteiger partial charge < -0.3 is 0 Å². The van der Waals surface area contributed by atoms with E-state index in [2.05, 4.69) is 26.0 Å². The average molecular weight is 786 g/mol. The summed E-state index contributed by atoms with van der Waals surface area (Å²) in [5.41, 5.74) is 2.31. The van der Waals surface area contributed by atoms with Crippen LogP contribution in [0, 0.1) is 0 Å². The van der Waals surface area contributed by atoms with E-state index in [0.29, 0.717) is 32.3 Å². The molecule has 10 rings (SSSR count). The Kier molecular flexibility index (Phi) is 6.35. The van der Waals surface area contributed by atoms with Crippen molar-refractivity contribution in [1.82, 2.24) is 0 Å². The van der Waals surface area contributed by atoms with Gasteiger partial charge in [0, 0.05) is 0 Å². The Labute approximate surface area is 294 Å². The van der Waals surface area contributed by atoms with Crippen molar-refractivity contribution >= 4 is 125 Å². The third-order valence-corrected chi connectivity index (χ3v) is 28.0. The van der Waals surface area contributed by atoms with Crippen LogP contribution in [0.3, 0.4) is 0 Å². The van der Waals surface area contributed by atoms with Crippen LogP contribution in [0.25, 0.3) is 43.1 Å². The van der Waals surface area contributed by atoms with Crippen LogP contribution in [0.4, 0.5) is 10.0 Å². The summed E-state index contributed by atoms with van der Waals surface area (Å²) in [5.74, 6) is -1.12. The number of amides is 4. The van der Waals surface area contributed by atoms with Crippen LogP contribution in [0.2, 0.25) is 8.87 Å². The molecule has 0 bridgehead atoms. The summed E-state index contributed by atoms with van der Waals surface area (Å²) >= 11 is -0.890. The van der Waals surface area contributed by atoms with Gasteiger partial charge in [-0.15, -0.1) is 0 Å². The fraction of sp³-hybridized carbons (Fsp3) is 0.200. The monoisotopic (exact) mass is 786 g/mol. The van der Waals surface area contributed by atoms with E-state index in [-0.39, 0.29) is 23.6 Å².